The predicted octanol–water partition coefficient (Wildman–Crippen LogP) is 1.68. The molecule has 0 aliphatic carbocycles. The van der Waals surface area contributed by atoms with Crippen molar-refractivity contribution in [3.63, 3.8) is 0 Å². The summed E-state index contributed by atoms with van der Waals surface area (Å²) in [6.07, 6.45) is 0.981. The van der Waals surface area contributed by atoms with Gasteiger partial charge >= 0.3 is 0 Å². The van der Waals surface area contributed by atoms with E-state index in [2.05, 4.69) is 4.90 Å². The highest BCUT2D eigenvalue weighted by molar-refractivity contribution is 5.82. The van der Waals surface area contributed by atoms with E-state index in [-0.39, 0.29) is 11.3 Å². The minimum Gasteiger partial charge on any atom is -0.339 e. The van der Waals surface area contributed by atoms with Crippen LogP contribution in [-0.4, -0.2) is 54.1 Å². The molecular weight excluding hydrogens is 219 g/mol. The van der Waals surface area contributed by atoms with E-state index >= 15 is 0 Å². The van der Waals surface area contributed by atoms with Gasteiger partial charge in [-0.2, -0.15) is 0 Å². The Morgan fingerprint density at radius 3 is 2.41 bits per heavy atom. The molecule has 0 aromatic carbocycles. The minimum absolute atomic E-state index is 0.211. The third-order valence-corrected chi connectivity index (χ3v) is 3.70. The second-order valence-electron chi connectivity index (χ2n) is 6.35. The normalized spacial score (nSPS) is 28.0. The van der Waals surface area contributed by atoms with Crippen molar-refractivity contribution in [1.82, 2.24) is 9.80 Å². The maximum Gasteiger partial charge on any atom is 0.228 e. The van der Waals surface area contributed by atoms with E-state index in [1.54, 1.807) is 0 Å². The van der Waals surface area contributed by atoms with Crippen molar-refractivity contribution >= 4 is 5.91 Å². The molecule has 2 aliphatic rings. The van der Waals surface area contributed by atoms with Crippen molar-refractivity contribution in [1.29, 1.82) is 0 Å². The van der Waals surface area contributed by atoms with Gasteiger partial charge in [-0.1, -0.05) is 20.8 Å². The fourth-order valence-corrected chi connectivity index (χ4v) is 2.61. The first-order valence-corrected chi connectivity index (χ1v) is 6.55. The van der Waals surface area contributed by atoms with Gasteiger partial charge in [-0.05, 0) is 19.4 Å². The highest BCUT2D eigenvalue weighted by atomic mass is 19.1. The summed E-state index contributed by atoms with van der Waals surface area (Å²) in [5, 5.41) is 0. The summed E-state index contributed by atoms with van der Waals surface area (Å²) in [7, 11) is 0. The van der Waals surface area contributed by atoms with Gasteiger partial charge in [0.15, 0.2) is 0 Å². The Balaban J connectivity index is 1.80. The van der Waals surface area contributed by atoms with Crippen LogP contribution in [0.3, 0.4) is 0 Å². The first kappa shape index (κ1) is 12.8. The van der Waals surface area contributed by atoms with E-state index in [0.717, 1.165) is 26.1 Å². The zero-order chi connectivity index (χ0) is 12.6. The van der Waals surface area contributed by atoms with Crippen molar-refractivity contribution < 1.29 is 9.18 Å². The van der Waals surface area contributed by atoms with Gasteiger partial charge in [-0.15, -0.1) is 0 Å². The Kier molecular flexibility index (Phi) is 3.43. The van der Waals surface area contributed by atoms with E-state index in [1.165, 1.54) is 0 Å². The minimum atomic E-state index is -0.670. The lowest BCUT2D eigenvalue weighted by Crippen LogP contribution is -2.64. The van der Waals surface area contributed by atoms with Crippen LogP contribution in [0.4, 0.5) is 4.39 Å². The zero-order valence-electron chi connectivity index (χ0n) is 11.1. The maximum atomic E-state index is 13.3. The average molecular weight is 242 g/mol. The molecule has 2 aliphatic heterocycles. The van der Waals surface area contributed by atoms with Crippen LogP contribution in [0, 0.1) is 5.41 Å². The molecule has 1 amide bonds. The Morgan fingerprint density at radius 1 is 1.24 bits per heavy atom. The third-order valence-electron chi connectivity index (χ3n) is 3.70. The van der Waals surface area contributed by atoms with Crippen molar-refractivity contribution in [3.8, 4) is 0 Å². The number of hydrogen-bond donors (Lipinski definition) is 0. The van der Waals surface area contributed by atoms with E-state index in [1.807, 2.05) is 25.7 Å². The van der Waals surface area contributed by atoms with Gasteiger partial charge < -0.3 is 4.90 Å². The lowest BCUT2D eigenvalue weighted by Gasteiger charge is -2.48. The molecule has 0 spiro atoms. The Hall–Kier alpha value is -0.640. The summed E-state index contributed by atoms with van der Waals surface area (Å²) in [4.78, 5) is 16.1. The molecule has 3 nitrogen and oxygen atoms in total. The largest absolute Gasteiger partial charge is 0.339 e. The number of alkyl halides is 1. The van der Waals surface area contributed by atoms with Crippen LogP contribution in [-0.2, 0) is 4.79 Å². The molecule has 2 fully saturated rings. The number of piperidine rings is 1. The Morgan fingerprint density at radius 2 is 1.88 bits per heavy atom. The average Bonchev–Trinajstić information content (AvgIpc) is 2.13. The lowest BCUT2D eigenvalue weighted by molar-refractivity contribution is -0.147. The lowest BCUT2D eigenvalue weighted by atomic mass is 9.91. The standard InChI is InChI=1S/C13H23FN2O/c1-13(2,3)12(17)16-8-11(9-16)15-6-4-5-10(14)7-15/h10-11H,4-9H2,1-3H3. The molecule has 2 heterocycles. The zero-order valence-corrected chi connectivity index (χ0v) is 11.1. The van der Waals surface area contributed by atoms with E-state index in [9.17, 15) is 9.18 Å². The fourth-order valence-electron chi connectivity index (χ4n) is 2.61. The number of carbonyl (C=O) groups excluding carboxylic acids is 1. The van der Waals surface area contributed by atoms with E-state index in [4.69, 9.17) is 0 Å². The van der Waals surface area contributed by atoms with Crippen LogP contribution < -0.4 is 0 Å². The van der Waals surface area contributed by atoms with Crippen LogP contribution in [0.5, 0.6) is 0 Å². The summed E-state index contributed by atoms with van der Waals surface area (Å²) >= 11 is 0. The highest BCUT2D eigenvalue weighted by Gasteiger charge is 2.39. The Labute approximate surface area is 103 Å². The Bertz CT molecular complexity index is 294. The van der Waals surface area contributed by atoms with Crippen molar-refractivity contribution in [3.05, 3.63) is 0 Å². The molecule has 1 unspecified atom stereocenters. The first-order chi connectivity index (χ1) is 7.88. The molecule has 0 aromatic rings. The highest BCUT2D eigenvalue weighted by Crippen LogP contribution is 2.26. The number of rotatable bonds is 1. The van der Waals surface area contributed by atoms with Crippen molar-refractivity contribution in [2.45, 2.75) is 45.8 Å². The van der Waals surface area contributed by atoms with Gasteiger partial charge in [-0.3, -0.25) is 9.69 Å². The topological polar surface area (TPSA) is 23.6 Å². The van der Waals surface area contributed by atoms with Crippen molar-refractivity contribution in [2.24, 2.45) is 5.41 Å². The third kappa shape index (κ3) is 2.79. The fraction of sp³-hybridized carbons (Fsp3) is 0.923. The number of carbonyl (C=O) groups is 1. The van der Waals surface area contributed by atoms with E-state index in [0.29, 0.717) is 19.0 Å². The van der Waals surface area contributed by atoms with E-state index < -0.39 is 6.17 Å². The SMILES string of the molecule is CC(C)(C)C(=O)N1CC(N2CCCC(F)C2)C1. The monoisotopic (exact) mass is 242 g/mol. The molecule has 0 radical (unpaired) electrons. The maximum absolute atomic E-state index is 13.3. The molecule has 1 atom stereocenters. The molecule has 2 rings (SSSR count). The van der Waals surface area contributed by atoms with Gasteiger partial charge in [0.1, 0.15) is 6.17 Å². The molecule has 4 heteroatoms. The molecule has 17 heavy (non-hydrogen) atoms. The molecular formula is C13H23FN2O. The number of halogens is 1. The molecule has 0 N–H and O–H groups in total. The predicted molar refractivity (Wildman–Crippen MR) is 65.5 cm³/mol. The summed E-state index contributed by atoms with van der Waals surface area (Å²) in [5.41, 5.74) is -0.296. The van der Waals surface area contributed by atoms with Crippen LogP contribution in [0.15, 0.2) is 0 Å². The quantitative estimate of drug-likeness (QED) is 0.698. The number of likely N-dealkylation sites (tertiary alicyclic amines) is 2. The second-order valence-corrected chi connectivity index (χ2v) is 6.35. The van der Waals surface area contributed by atoms with Gasteiger partial charge in [0, 0.05) is 31.1 Å². The van der Waals surface area contributed by atoms with Crippen LogP contribution in [0.1, 0.15) is 33.6 Å². The molecule has 0 saturated carbocycles. The smallest absolute Gasteiger partial charge is 0.228 e. The summed E-state index contributed by atoms with van der Waals surface area (Å²) in [6, 6.07) is 0.389. The van der Waals surface area contributed by atoms with Crippen LogP contribution in [0.2, 0.25) is 0 Å². The van der Waals surface area contributed by atoms with Crippen LogP contribution >= 0.6 is 0 Å². The van der Waals surface area contributed by atoms with Gasteiger partial charge in [0.2, 0.25) is 5.91 Å². The molecule has 2 saturated heterocycles. The summed E-state index contributed by atoms with van der Waals surface area (Å²) in [6.45, 7) is 8.94. The summed E-state index contributed by atoms with van der Waals surface area (Å²) < 4.78 is 13.3. The number of nitrogens with zero attached hydrogens (tertiary/aromatic N) is 2. The molecule has 98 valence electrons. The molecule has 0 bridgehead atoms. The number of amides is 1. The first-order valence-electron chi connectivity index (χ1n) is 6.55. The summed E-state index contributed by atoms with van der Waals surface area (Å²) in [5.74, 6) is 0.211. The second kappa shape index (κ2) is 4.56. The van der Waals surface area contributed by atoms with Gasteiger partial charge in [0.05, 0.1) is 0 Å². The number of hydrogen-bond acceptors (Lipinski definition) is 2. The van der Waals surface area contributed by atoms with Gasteiger partial charge in [-0.25, -0.2) is 4.39 Å². The van der Waals surface area contributed by atoms with Crippen LogP contribution in [0.25, 0.3) is 0 Å². The molecule has 0 aromatic heterocycles. The van der Waals surface area contributed by atoms with Crippen molar-refractivity contribution in [2.75, 3.05) is 26.2 Å². The van der Waals surface area contributed by atoms with Gasteiger partial charge in [0.25, 0.3) is 0 Å².